The number of rotatable bonds is 7. The number of thioether (sulfide) groups is 1. The smallest absolute Gasteiger partial charge is 0.147 e. The summed E-state index contributed by atoms with van der Waals surface area (Å²) >= 11 is 1.44. The molecule has 0 fully saturated rings. The lowest BCUT2D eigenvalue weighted by atomic mass is 10.3. The Balaban J connectivity index is 2.44. The van der Waals surface area contributed by atoms with Gasteiger partial charge in [-0.05, 0) is 24.6 Å². The molecule has 1 aromatic rings. The fraction of sp³-hybridized carbons (Fsp3) is 0.455. The molecule has 1 aromatic carbocycles. The Hall–Kier alpha value is -0.630. The van der Waals surface area contributed by atoms with E-state index in [1.807, 2.05) is 0 Å². The average Bonchev–Trinajstić information content (AvgIpc) is 2.28. The first-order chi connectivity index (χ1) is 8.40. The molecule has 0 aromatic heterocycles. The summed E-state index contributed by atoms with van der Waals surface area (Å²) in [5, 5.41) is 0. The van der Waals surface area contributed by atoms with E-state index in [-0.39, 0.29) is 17.6 Å². The molecule has 4 nitrogen and oxygen atoms in total. The Morgan fingerprint density at radius 2 is 2.22 bits per heavy atom. The normalized spacial score (nSPS) is 13.5. The lowest BCUT2D eigenvalue weighted by molar-refractivity contribution is 0.550. The molecule has 0 spiro atoms. The number of halogens is 1. The number of hydrazine groups is 1. The van der Waals surface area contributed by atoms with Gasteiger partial charge in [-0.1, -0.05) is 6.07 Å². The Morgan fingerprint density at radius 1 is 1.50 bits per heavy atom. The number of nitrogens with one attached hydrogen (secondary N) is 1. The highest BCUT2D eigenvalue weighted by Crippen LogP contribution is 2.20. The third kappa shape index (κ3) is 6.34. The first-order valence-corrected chi connectivity index (χ1v) is 8.47. The van der Waals surface area contributed by atoms with Crippen LogP contribution in [0.3, 0.4) is 0 Å². The van der Waals surface area contributed by atoms with Crippen molar-refractivity contribution in [3.05, 3.63) is 30.1 Å². The number of sulfone groups is 1. The maximum atomic E-state index is 12.9. The quantitative estimate of drug-likeness (QED) is 0.448. The van der Waals surface area contributed by atoms with E-state index in [9.17, 15) is 12.8 Å². The topological polar surface area (TPSA) is 72.2 Å². The maximum absolute atomic E-state index is 12.9. The van der Waals surface area contributed by atoms with Gasteiger partial charge in [-0.2, -0.15) is 0 Å². The van der Waals surface area contributed by atoms with E-state index in [2.05, 4.69) is 5.43 Å². The Labute approximate surface area is 111 Å². The van der Waals surface area contributed by atoms with Crippen LogP contribution in [-0.4, -0.2) is 32.2 Å². The molecule has 0 bridgehead atoms. The fourth-order valence-corrected chi connectivity index (χ4v) is 3.06. The number of hydrogen-bond donors (Lipinski definition) is 2. The van der Waals surface area contributed by atoms with Crippen molar-refractivity contribution >= 4 is 21.6 Å². The predicted molar refractivity (Wildman–Crippen MR) is 72.6 cm³/mol. The summed E-state index contributed by atoms with van der Waals surface area (Å²) in [5.74, 6) is 5.76. The van der Waals surface area contributed by atoms with Crippen molar-refractivity contribution < 1.29 is 12.8 Å². The van der Waals surface area contributed by atoms with E-state index < -0.39 is 9.84 Å². The van der Waals surface area contributed by atoms with Crippen LogP contribution in [0.25, 0.3) is 0 Å². The highest BCUT2D eigenvalue weighted by atomic mass is 32.2. The van der Waals surface area contributed by atoms with Crippen LogP contribution in [-0.2, 0) is 9.84 Å². The van der Waals surface area contributed by atoms with Crippen molar-refractivity contribution in [2.75, 3.05) is 17.8 Å². The second-order valence-corrected chi connectivity index (χ2v) is 7.40. The fourth-order valence-electron chi connectivity index (χ4n) is 1.32. The molecule has 0 saturated carbocycles. The zero-order chi connectivity index (χ0) is 13.6. The highest BCUT2D eigenvalue weighted by Gasteiger charge is 2.11. The molecule has 3 N–H and O–H groups in total. The Bertz CT molecular complexity index is 480. The van der Waals surface area contributed by atoms with Crippen LogP contribution in [0.2, 0.25) is 0 Å². The first kappa shape index (κ1) is 15.4. The molecule has 0 heterocycles. The van der Waals surface area contributed by atoms with Crippen LogP contribution in [0.1, 0.15) is 6.42 Å². The molecule has 0 saturated heterocycles. The summed E-state index contributed by atoms with van der Waals surface area (Å²) in [7, 11) is -2.98. The molecular weight excluding hydrogens is 275 g/mol. The zero-order valence-electron chi connectivity index (χ0n) is 10.1. The lowest BCUT2D eigenvalue weighted by Gasteiger charge is -2.14. The van der Waals surface area contributed by atoms with Crippen molar-refractivity contribution in [3.8, 4) is 0 Å². The highest BCUT2D eigenvalue weighted by molar-refractivity contribution is 7.99. The largest absolute Gasteiger partial charge is 0.271 e. The van der Waals surface area contributed by atoms with E-state index in [1.165, 1.54) is 30.2 Å². The van der Waals surface area contributed by atoms with Crippen LogP contribution in [0.15, 0.2) is 29.2 Å². The molecule has 1 atom stereocenters. The van der Waals surface area contributed by atoms with Gasteiger partial charge >= 0.3 is 0 Å². The van der Waals surface area contributed by atoms with E-state index >= 15 is 0 Å². The zero-order valence-corrected chi connectivity index (χ0v) is 11.7. The van der Waals surface area contributed by atoms with Gasteiger partial charge in [0, 0.05) is 22.9 Å². The van der Waals surface area contributed by atoms with Crippen LogP contribution >= 0.6 is 11.8 Å². The Kier molecular flexibility index (Phi) is 6.07. The van der Waals surface area contributed by atoms with Gasteiger partial charge in [0.15, 0.2) is 0 Å². The number of benzene rings is 1. The van der Waals surface area contributed by atoms with Crippen molar-refractivity contribution in [3.63, 3.8) is 0 Å². The summed E-state index contributed by atoms with van der Waals surface area (Å²) in [6.07, 6.45) is 1.64. The SMILES string of the molecule is CS(=O)(=O)CCC(CSc1cccc(F)c1)NN. The van der Waals surface area contributed by atoms with Crippen LogP contribution in [0.5, 0.6) is 0 Å². The van der Waals surface area contributed by atoms with Gasteiger partial charge in [0.1, 0.15) is 15.7 Å². The molecule has 0 aliphatic carbocycles. The van der Waals surface area contributed by atoms with Crippen LogP contribution in [0.4, 0.5) is 4.39 Å². The van der Waals surface area contributed by atoms with Gasteiger partial charge in [-0.15, -0.1) is 11.8 Å². The summed E-state index contributed by atoms with van der Waals surface area (Å²) < 4.78 is 35.0. The minimum absolute atomic E-state index is 0.0889. The minimum atomic E-state index is -2.98. The van der Waals surface area contributed by atoms with E-state index in [1.54, 1.807) is 12.1 Å². The van der Waals surface area contributed by atoms with Gasteiger partial charge in [-0.25, -0.2) is 12.8 Å². The van der Waals surface area contributed by atoms with Gasteiger partial charge in [-0.3, -0.25) is 11.3 Å². The molecule has 1 unspecified atom stereocenters. The van der Waals surface area contributed by atoms with Gasteiger partial charge in [0.2, 0.25) is 0 Å². The van der Waals surface area contributed by atoms with Gasteiger partial charge < -0.3 is 0 Å². The number of nitrogens with two attached hydrogens (primary N) is 1. The van der Waals surface area contributed by atoms with Crippen molar-refractivity contribution in [1.29, 1.82) is 0 Å². The third-order valence-corrected chi connectivity index (χ3v) is 4.45. The molecule has 18 heavy (non-hydrogen) atoms. The van der Waals surface area contributed by atoms with Crippen LogP contribution < -0.4 is 11.3 Å². The van der Waals surface area contributed by atoms with Crippen molar-refractivity contribution in [1.82, 2.24) is 5.43 Å². The van der Waals surface area contributed by atoms with Gasteiger partial charge in [0.05, 0.1) is 5.75 Å². The molecule has 7 heteroatoms. The van der Waals surface area contributed by atoms with E-state index in [0.717, 1.165) is 4.90 Å². The summed E-state index contributed by atoms with van der Waals surface area (Å²) in [5.41, 5.74) is 2.58. The Morgan fingerprint density at radius 3 is 2.78 bits per heavy atom. The molecule has 0 amide bonds. The predicted octanol–water partition coefficient (Wildman–Crippen LogP) is 1.18. The van der Waals surface area contributed by atoms with Crippen molar-refractivity contribution in [2.45, 2.75) is 17.4 Å². The molecule has 102 valence electrons. The van der Waals surface area contributed by atoms with Crippen molar-refractivity contribution in [2.24, 2.45) is 5.84 Å². The second-order valence-electron chi connectivity index (χ2n) is 4.05. The monoisotopic (exact) mass is 292 g/mol. The molecule has 0 aliphatic rings. The summed E-state index contributed by atoms with van der Waals surface area (Å²) in [6, 6.07) is 6.14. The average molecular weight is 292 g/mol. The standard InChI is InChI=1S/C11H17FN2O2S2/c1-18(15,16)6-5-10(14-13)8-17-11-4-2-3-9(12)7-11/h2-4,7,10,14H,5-6,8,13H2,1H3. The molecule has 1 rings (SSSR count). The lowest BCUT2D eigenvalue weighted by Crippen LogP contribution is -2.38. The van der Waals surface area contributed by atoms with E-state index in [0.29, 0.717) is 12.2 Å². The first-order valence-electron chi connectivity index (χ1n) is 5.43. The second kappa shape index (κ2) is 7.08. The number of hydrogen-bond acceptors (Lipinski definition) is 5. The molecule has 0 aliphatic heterocycles. The summed E-state index contributed by atoms with van der Waals surface area (Å²) in [4.78, 5) is 0.801. The van der Waals surface area contributed by atoms with Gasteiger partial charge in [0.25, 0.3) is 0 Å². The maximum Gasteiger partial charge on any atom is 0.147 e. The summed E-state index contributed by atoms with van der Waals surface area (Å²) in [6.45, 7) is 0. The minimum Gasteiger partial charge on any atom is -0.271 e. The molecular formula is C11H17FN2O2S2. The van der Waals surface area contributed by atoms with E-state index in [4.69, 9.17) is 5.84 Å². The third-order valence-electron chi connectivity index (χ3n) is 2.32. The van der Waals surface area contributed by atoms with Crippen LogP contribution in [0, 0.1) is 5.82 Å². The molecule has 0 radical (unpaired) electrons.